The van der Waals surface area contributed by atoms with Gasteiger partial charge in [0.2, 0.25) is 5.91 Å². The van der Waals surface area contributed by atoms with Gasteiger partial charge in [0.15, 0.2) is 5.16 Å². The molecule has 0 spiro atoms. The Hall–Kier alpha value is -3.78. The number of aromatic nitrogens is 3. The molecule has 0 atom stereocenters. The van der Waals surface area contributed by atoms with Gasteiger partial charge in [-0.25, -0.2) is 0 Å². The van der Waals surface area contributed by atoms with Gasteiger partial charge in [0.1, 0.15) is 23.2 Å². The molecule has 0 aliphatic rings. The highest BCUT2D eigenvalue weighted by Gasteiger charge is 2.16. The number of hydrogen-bond acceptors (Lipinski definition) is 6. The van der Waals surface area contributed by atoms with Crippen LogP contribution in [0.15, 0.2) is 76.6 Å². The molecular formula is C26H24N4O3S. The van der Waals surface area contributed by atoms with E-state index in [0.29, 0.717) is 28.1 Å². The fourth-order valence-electron chi connectivity index (χ4n) is 3.85. The summed E-state index contributed by atoms with van der Waals surface area (Å²) in [5.41, 5.74) is 4.26. The van der Waals surface area contributed by atoms with Crippen LogP contribution < -0.4 is 10.1 Å². The van der Waals surface area contributed by atoms with Crippen LogP contribution in [0.4, 0.5) is 5.69 Å². The Morgan fingerprint density at radius 2 is 1.88 bits per heavy atom. The minimum atomic E-state index is -0.177. The van der Waals surface area contributed by atoms with Crippen molar-refractivity contribution in [2.45, 2.75) is 24.9 Å². The van der Waals surface area contributed by atoms with Crippen molar-refractivity contribution in [3.8, 4) is 11.4 Å². The van der Waals surface area contributed by atoms with Crippen LogP contribution in [0.2, 0.25) is 0 Å². The van der Waals surface area contributed by atoms with Crippen molar-refractivity contribution in [1.82, 2.24) is 14.8 Å². The summed E-state index contributed by atoms with van der Waals surface area (Å²) >= 11 is 1.32. The summed E-state index contributed by atoms with van der Waals surface area (Å²) < 4.78 is 13.4. The minimum absolute atomic E-state index is 0.171. The van der Waals surface area contributed by atoms with Crippen molar-refractivity contribution >= 4 is 45.3 Å². The monoisotopic (exact) mass is 472 g/mol. The van der Waals surface area contributed by atoms with Gasteiger partial charge in [0.25, 0.3) is 0 Å². The molecule has 5 aromatic rings. The smallest absolute Gasteiger partial charge is 0.234 e. The normalized spacial score (nSPS) is 11.4. The molecule has 34 heavy (non-hydrogen) atoms. The van der Waals surface area contributed by atoms with Crippen LogP contribution in [0.25, 0.3) is 27.6 Å². The summed E-state index contributed by atoms with van der Waals surface area (Å²) in [7, 11) is 1.58. The number of carbonyl (C=O) groups is 1. The Kier molecular flexibility index (Phi) is 5.98. The maximum atomic E-state index is 12.8. The summed E-state index contributed by atoms with van der Waals surface area (Å²) in [6, 6.07) is 19.8. The Morgan fingerprint density at radius 3 is 2.65 bits per heavy atom. The zero-order valence-electron chi connectivity index (χ0n) is 19.1. The average molecular weight is 473 g/mol. The van der Waals surface area contributed by atoms with Crippen molar-refractivity contribution in [1.29, 1.82) is 0 Å². The molecule has 0 unspecified atom stereocenters. The Labute approximate surface area is 201 Å². The lowest BCUT2D eigenvalue weighted by Gasteiger charge is -2.11. The van der Waals surface area contributed by atoms with Gasteiger partial charge < -0.3 is 14.5 Å². The Balaban J connectivity index is 1.32. The maximum absolute atomic E-state index is 12.8. The third-order valence-corrected chi connectivity index (χ3v) is 6.60. The number of anilines is 1. The van der Waals surface area contributed by atoms with Gasteiger partial charge in [-0.15, -0.1) is 10.2 Å². The number of fused-ring (bicyclic) bond motifs is 3. The molecule has 172 valence electrons. The number of rotatable bonds is 7. The van der Waals surface area contributed by atoms with E-state index in [0.717, 1.165) is 22.0 Å². The number of amides is 1. The van der Waals surface area contributed by atoms with Gasteiger partial charge in [-0.3, -0.25) is 9.36 Å². The molecule has 5 rings (SSSR count). The lowest BCUT2D eigenvalue weighted by atomic mass is 10.0. The van der Waals surface area contributed by atoms with Crippen molar-refractivity contribution in [3.63, 3.8) is 0 Å². The predicted molar refractivity (Wildman–Crippen MR) is 135 cm³/mol. The number of nitrogens with zero attached hydrogens (tertiary/aromatic N) is 3. The van der Waals surface area contributed by atoms with Crippen molar-refractivity contribution in [2.75, 3.05) is 18.2 Å². The van der Waals surface area contributed by atoms with Crippen LogP contribution in [0, 0.1) is 0 Å². The van der Waals surface area contributed by atoms with E-state index in [1.807, 2.05) is 47.0 Å². The van der Waals surface area contributed by atoms with Crippen molar-refractivity contribution in [2.24, 2.45) is 0 Å². The number of thioether (sulfide) groups is 1. The van der Waals surface area contributed by atoms with Gasteiger partial charge in [-0.2, -0.15) is 0 Å². The number of methoxy groups -OCH3 is 1. The molecular weight excluding hydrogens is 448 g/mol. The van der Waals surface area contributed by atoms with E-state index in [1.165, 1.54) is 17.3 Å². The molecule has 8 heteroatoms. The van der Waals surface area contributed by atoms with Crippen LogP contribution >= 0.6 is 11.8 Å². The Morgan fingerprint density at radius 1 is 1.09 bits per heavy atom. The number of hydrogen-bond donors (Lipinski definition) is 1. The predicted octanol–water partition coefficient (Wildman–Crippen LogP) is 6.03. The van der Waals surface area contributed by atoms with Crippen LogP contribution in [-0.2, 0) is 4.79 Å². The number of ether oxygens (including phenoxy) is 1. The van der Waals surface area contributed by atoms with E-state index in [1.54, 1.807) is 19.5 Å². The molecule has 0 bridgehead atoms. The number of para-hydroxylation sites is 1. The van der Waals surface area contributed by atoms with Gasteiger partial charge in [0.05, 0.1) is 18.6 Å². The zero-order chi connectivity index (χ0) is 23.7. The number of nitrogens with one attached hydrogen (secondary N) is 1. The number of carbonyl (C=O) groups excluding carboxylic acids is 1. The zero-order valence-corrected chi connectivity index (χ0v) is 19.9. The first kappa shape index (κ1) is 22.0. The molecule has 0 radical (unpaired) electrons. The summed E-state index contributed by atoms with van der Waals surface area (Å²) in [4.78, 5) is 12.8. The third-order valence-electron chi connectivity index (χ3n) is 5.66. The van der Waals surface area contributed by atoms with Gasteiger partial charge in [-0.1, -0.05) is 55.9 Å². The highest BCUT2D eigenvalue weighted by atomic mass is 32.2. The largest absolute Gasteiger partial charge is 0.495 e. The first-order chi connectivity index (χ1) is 16.5. The number of benzene rings is 3. The quantitative estimate of drug-likeness (QED) is 0.291. The van der Waals surface area contributed by atoms with E-state index in [4.69, 9.17) is 9.15 Å². The van der Waals surface area contributed by atoms with Crippen LogP contribution in [0.3, 0.4) is 0 Å². The van der Waals surface area contributed by atoms with Crippen LogP contribution in [0.1, 0.15) is 25.3 Å². The molecule has 2 aromatic heterocycles. The maximum Gasteiger partial charge on any atom is 0.234 e. The molecule has 0 fully saturated rings. The summed E-state index contributed by atoms with van der Waals surface area (Å²) in [6.45, 7) is 4.32. The minimum Gasteiger partial charge on any atom is -0.495 e. The summed E-state index contributed by atoms with van der Waals surface area (Å²) in [5.74, 6) is 1.03. The third kappa shape index (κ3) is 4.24. The lowest BCUT2D eigenvalue weighted by Crippen LogP contribution is -2.15. The van der Waals surface area contributed by atoms with E-state index < -0.39 is 0 Å². The highest BCUT2D eigenvalue weighted by Crippen LogP contribution is 2.36. The van der Waals surface area contributed by atoms with E-state index in [-0.39, 0.29) is 11.7 Å². The second kappa shape index (κ2) is 9.23. The van der Waals surface area contributed by atoms with E-state index in [2.05, 4.69) is 41.5 Å². The molecule has 0 saturated heterocycles. The number of furan rings is 1. The molecule has 3 aromatic carbocycles. The lowest BCUT2D eigenvalue weighted by molar-refractivity contribution is -0.113. The van der Waals surface area contributed by atoms with E-state index >= 15 is 0 Å². The molecule has 7 nitrogen and oxygen atoms in total. The molecule has 1 amide bonds. The fourth-order valence-corrected chi connectivity index (χ4v) is 4.58. The second-order valence-electron chi connectivity index (χ2n) is 8.21. The second-order valence-corrected chi connectivity index (χ2v) is 9.16. The molecule has 0 aliphatic carbocycles. The molecule has 2 heterocycles. The fraction of sp³-hybridized carbons (Fsp3) is 0.192. The summed E-state index contributed by atoms with van der Waals surface area (Å²) in [5, 5.41) is 13.7. The molecule has 0 aliphatic heterocycles. The van der Waals surface area contributed by atoms with Crippen LogP contribution in [-0.4, -0.2) is 33.5 Å². The van der Waals surface area contributed by atoms with Gasteiger partial charge in [0, 0.05) is 22.5 Å². The Bertz CT molecular complexity index is 1470. The standard InChI is InChI=1S/C26H24N4O3S/c1-16(2)17-8-10-18(11-9-17)30-15-27-29-26(30)34-14-25(31)28-21-13-23-20(12-24(21)32-3)19-6-4-5-7-22(19)33-23/h4-13,15-16H,14H2,1-3H3,(H,28,31). The van der Waals surface area contributed by atoms with Gasteiger partial charge >= 0.3 is 0 Å². The molecule has 1 N–H and O–H groups in total. The first-order valence-electron chi connectivity index (χ1n) is 11.0. The average Bonchev–Trinajstić information content (AvgIpc) is 3.46. The molecule has 0 saturated carbocycles. The van der Waals surface area contributed by atoms with Crippen LogP contribution in [0.5, 0.6) is 5.75 Å². The van der Waals surface area contributed by atoms with Crippen molar-refractivity contribution < 1.29 is 13.9 Å². The van der Waals surface area contributed by atoms with E-state index in [9.17, 15) is 4.79 Å². The van der Waals surface area contributed by atoms with Crippen molar-refractivity contribution in [3.05, 3.63) is 72.6 Å². The topological polar surface area (TPSA) is 82.2 Å². The first-order valence-corrected chi connectivity index (χ1v) is 11.9. The summed E-state index contributed by atoms with van der Waals surface area (Å²) in [6.07, 6.45) is 1.66. The highest BCUT2D eigenvalue weighted by molar-refractivity contribution is 7.99. The van der Waals surface area contributed by atoms with Gasteiger partial charge in [-0.05, 0) is 35.7 Å². The SMILES string of the molecule is COc1cc2c(cc1NC(=O)CSc1nncn1-c1ccc(C(C)C)cc1)oc1ccccc12.